The van der Waals surface area contributed by atoms with Gasteiger partial charge < -0.3 is 9.47 Å². The van der Waals surface area contributed by atoms with Crippen molar-refractivity contribution in [2.45, 2.75) is 62.7 Å². The van der Waals surface area contributed by atoms with Gasteiger partial charge in [-0.05, 0) is 56.8 Å². The van der Waals surface area contributed by atoms with E-state index in [1.165, 1.54) is 32.1 Å². The van der Waals surface area contributed by atoms with Crippen LogP contribution in [0.1, 0.15) is 44.9 Å². The van der Waals surface area contributed by atoms with Crippen LogP contribution in [0.3, 0.4) is 0 Å². The van der Waals surface area contributed by atoms with Gasteiger partial charge in [0.2, 0.25) is 0 Å². The predicted molar refractivity (Wildman–Crippen MR) is 69.9 cm³/mol. The zero-order valence-electron chi connectivity index (χ0n) is 11.4. The van der Waals surface area contributed by atoms with Crippen LogP contribution in [0.2, 0.25) is 0 Å². The lowest BCUT2D eigenvalue weighted by atomic mass is 9.69. The number of ether oxygens (including phenoxy) is 2. The Balaban J connectivity index is 1.66. The van der Waals surface area contributed by atoms with Gasteiger partial charge >= 0.3 is 0 Å². The van der Waals surface area contributed by atoms with E-state index in [-0.39, 0.29) is 11.7 Å². The topological polar surface area (TPSA) is 56.5 Å². The highest BCUT2D eigenvalue weighted by molar-refractivity contribution is 5.00. The van der Waals surface area contributed by atoms with Crippen molar-refractivity contribution in [2.75, 3.05) is 13.7 Å². The number of hydrazine groups is 1. The summed E-state index contributed by atoms with van der Waals surface area (Å²) in [5.74, 6) is 7.15. The minimum atomic E-state index is 0.194. The summed E-state index contributed by atoms with van der Waals surface area (Å²) in [6, 6.07) is 0.295. The van der Waals surface area contributed by atoms with Crippen molar-refractivity contribution in [3.8, 4) is 0 Å². The maximum atomic E-state index is 6.01. The van der Waals surface area contributed by atoms with Gasteiger partial charge in [0.25, 0.3) is 0 Å². The first kappa shape index (κ1) is 12.9. The summed E-state index contributed by atoms with van der Waals surface area (Å²) in [4.78, 5) is 0. The number of hydrogen-bond donors (Lipinski definition) is 2. The molecular weight excluding hydrogens is 228 g/mol. The fourth-order valence-corrected chi connectivity index (χ4v) is 3.85. The van der Waals surface area contributed by atoms with E-state index in [0.717, 1.165) is 25.4 Å². The summed E-state index contributed by atoms with van der Waals surface area (Å²) in [5, 5.41) is 0. The van der Waals surface area contributed by atoms with Crippen LogP contribution in [-0.4, -0.2) is 31.5 Å². The molecule has 3 rings (SSSR count). The second-order valence-electron chi connectivity index (χ2n) is 6.37. The molecule has 4 heteroatoms. The molecule has 1 heterocycles. The van der Waals surface area contributed by atoms with Gasteiger partial charge in [-0.3, -0.25) is 11.3 Å². The van der Waals surface area contributed by atoms with Crippen LogP contribution >= 0.6 is 0 Å². The maximum absolute atomic E-state index is 6.01. The molecule has 3 unspecified atom stereocenters. The first-order chi connectivity index (χ1) is 8.78. The third kappa shape index (κ3) is 2.31. The van der Waals surface area contributed by atoms with Crippen molar-refractivity contribution in [1.29, 1.82) is 0 Å². The van der Waals surface area contributed by atoms with Crippen LogP contribution in [0.15, 0.2) is 0 Å². The highest BCUT2D eigenvalue weighted by Gasteiger charge is 2.47. The standard InChI is InChI=1S/C14H26N2O2/c1-17-13(10-3-4-10)12(16-15)11-5-8-18-14(9-11)6-2-7-14/h10-13,16H,2-9,15H2,1H3. The van der Waals surface area contributed by atoms with E-state index in [1.807, 2.05) is 7.11 Å². The van der Waals surface area contributed by atoms with E-state index in [0.29, 0.717) is 12.0 Å². The zero-order chi connectivity index (χ0) is 12.6. The van der Waals surface area contributed by atoms with Gasteiger partial charge in [-0.2, -0.15) is 0 Å². The molecule has 1 aliphatic heterocycles. The quantitative estimate of drug-likeness (QED) is 0.578. The van der Waals surface area contributed by atoms with Crippen molar-refractivity contribution < 1.29 is 9.47 Å². The molecule has 1 spiro atoms. The molecule has 4 nitrogen and oxygen atoms in total. The Hall–Kier alpha value is -0.160. The average Bonchev–Trinajstić information content (AvgIpc) is 3.18. The molecule has 0 aromatic heterocycles. The van der Waals surface area contributed by atoms with E-state index < -0.39 is 0 Å². The van der Waals surface area contributed by atoms with E-state index in [4.69, 9.17) is 15.3 Å². The molecule has 3 aliphatic rings. The van der Waals surface area contributed by atoms with Crippen molar-refractivity contribution in [3.63, 3.8) is 0 Å². The molecule has 104 valence electrons. The van der Waals surface area contributed by atoms with E-state index in [2.05, 4.69) is 5.43 Å². The molecule has 1 saturated heterocycles. The Labute approximate surface area is 110 Å². The van der Waals surface area contributed by atoms with Gasteiger partial charge in [0.15, 0.2) is 0 Å². The van der Waals surface area contributed by atoms with Crippen LogP contribution < -0.4 is 11.3 Å². The third-order valence-electron chi connectivity index (χ3n) is 5.21. The molecule has 18 heavy (non-hydrogen) atoms. The summed E-state index contributed by atoms with van der Waals surface area (Å²) in [6.07, 6.45) is 8.96. The number of nitrogens with two attached hydrogens (primary N) is 1. The predicted octanol–water partition coefficient (Wildman–Crippen LogP) is 1.59. The van der Waals surface area contributed by atoms with Crippen molar-refractivity contribution in [2.24, 2.45) is 17.7 Å². The van der Waals surface area contributed by atoms with Crippen molar-refractivity contribution in [1.82, 2.24) is 5.43 Å². The van der Waals surface area contributed by atoms with Gasteiger partial charge in [-0.25, -0.2) is 0 Å². The molecule has 0 radical (unpaired) electrons. The largest absolute Gasteiger partial charge is 0.379 e. The fourth-order valence-electron chi connectivity index (χ4n) is 3.85. The summed E-state index contributed by atoms with van der Waals surface area (Å²) in [5.41, 5.74) is 3.24. The van der Waals surface area contributed by atoms with Gasteiger partial charge in [0.05, 0.1) is 17.7 Å². The van der Waals surface area contributed by atoms with Crippen LogP contribution in [0.4, 0.5) is 0 Å². The Morgan fingerprint density at radius 3 is 2.56 bits per heavy atom. The highest BCUT2D eigenvalue weighted by atomic mass is 16.5. The van der Waals surface area contributed by atoms with Crippen LogP contribution in [0.5, 0.6) is 0 Å². The van der Waals surface area contributed by atoms with E-state index >= 15 is 0 Å². The van der Waals surface area contributed by atoms with Gasteiger partial charge in [-0.1, -0.05) is 0 Å². The lowest BCUT2D eigenvalue weighted by Gasteiger charge is -2.49. The van der Waals surface area contributed by atoms with E-state index in [9.17, 15) is 0 Å². The summed E-state index contributed by atoms with van der Waals surface area (Å²) < 4.78 is 11.7. The van der Waals surface area contributed by atoms with Crippen molar-refractivity contribution in [3.05, 3.63) is 0 Å². The SMILES string of the molecule is COC(C1CC1)C(NN)C1CCOC2(CCC2)C1. The lowest BCUT2D eigenvalue weighted by Crippen LogP contribution is -2.56. The number of methoxy groups -OCH3 is 1. The maximum Gasteiger partial charge on any atom is 0.0768 e. The van der Waals surface area contributed by atoms with Gasteiger partial charge in [0, 0.05) is 13.7 Å². The molecule has 0 amide bonds. The van der Waals surface area contributed by atoms with Gasteiger partial charge in [-0.15, -0.1) is 0 Å². The number of nitrogens with one attached hydrogen (secondary N) is 1. The molecule has 0 bridgehead atoms. The minimum absolute atomic E-state index is 0.194. The Morgan fingerprint density at radius 2 is 2.06 bits per heavy atom. The first-order valence-corrected chi connectivity index (χ1v) is 7.41. The van der Waals surface area contributed by atoms with Crippen molar-refractivity contribution >= 4 is 0 Å². The molecule has 2 aliphatic carbocycles. The van der Waals surface area contributed by atoms with Crippen LogP contribution in [0.25, 0.3) is 0 Å². The number of rotatable bonds is 5. The minimum Gasteiger partial charge on any atom is -0.379 e. The monoisotopic (exact) mass is 254 g/mol. The molecular formula is C14H26N2O2. The smallest absolute Gasteiger partial charge is 0.0768 e. The van der Waals surface area contributed by atoms with Crippen LogP contribution in [-0.2, 0) is 9.47 Å². The summed E-state index contributed by atoms with van der Waals surface area (Å²) in [7, 11) is 1.83. The number of hydrogen-bond acceptors (Lipinski definition) is 4. The molecule has 3 fully saturated rings. The second-order valence-corrected chi connectivity index (χ2v) is 6.37. The lowest BCUT2D eigenvalue weighted by molar-refractivity contribution is -0.152. The first-order valence-electron chi connectivity index (χ1n) is 7.41. The molecule has 3 N–H and O–H groups in total. The average molecular weight is 254 g/mol. The second kappa shape index (κ2) is 5.08. The van der Waals surface area contributed by atoms with Crippen LogP contribution in [0, 0.1) is 11.8 Å². The Kier molecular flexibility index (Phi) is 3.63. The fraction of sp³-hybridized carbons (Fsp3) is 1.00. The molecule has 2 saturated carbocycles. The molecule has 0 aromatic carbocycles. The summed E-state index contributed by atoms with van der Waals surface area (Å²) >= 11 is 0. The molecule has 0 aromatic rings. The molecule has 3 atom stereocenters. The third-order valence-corrected chi connectivity index (χ3v) is 5.21. The zero-order valence-corrected chi connectivity index (χ0v) is 11.4. The Bertz CT molecular complexity index is 290. The highest BCUT2D eigenvalue weighted by Crippen LogP contribution is 2.46. The summed E-state index contributed by atoms with van der Waals surface area (Å²) in [6.45, 7) is 0.893. The van der Waals surface area contributed by atoms with E-state index in [1.54, 1.807) is 0 Å². The van der Waals surface area contributed by atoms with Gasteiger partial charge in [0.1, 0.15) is 0 Å². The normalized spacial score (nSPS) is 34.0. The Morgan fingerprint density at radius 1 is 1.28 bits per heavy atom.